The number of amides is 1. The predicted octanol–water partition coefficient (Wildman–Crippen LogP) is 2.87. The SMILES string of the molecule is CCCC1(CNC(=O)c2cccc(C#N)c2)CC1. The molecule has 3 heteroatoms. The Bertz CT molecular complexity index is 484. The summed E-state index contributed by atoms with van der Waals surface area (Å²) < 4.78 is 0. The molecule has 1 aliphatic rings. The second-order valence-electron chi connectivity index (χ2n) is 5.13. The lowest BCUT2D eigenvalue weighted by Crippen LogP contribution is -2.30. The van der Waals surface area contributed by atoms with Crippen LogP contribution in [0.5, 0.6) is 0 Å². The van der Waals surface area contributed by atoms with Gasteiger partial charge in [0.1, 0.15) is 0 Å². The maximum absolute atomic E-state index is 12.0. The quantitative estimate of drug-likeness (QED) is 0.863. The number of nitrogens with zero attached hydrogens (tertiary/aromatic N) is 1. The van der Waals surface area contributed by atoms with Crippen LogP contribution in [0.4, 0.5) is 0 Å². The molecular formula is C15H18N2O. The lowest BCUT2D eigenvalue weighted by molar-refractivity contribution is 0.0943. The molecule has 0 heterocycles. The third-order valence-electron chi connectivity index (χ3n) is 3.62. The van der Waals surface area contributed by atoms with Crippen molar-refractivity contribution in [3.63, 3.8) is 0 Å². The van der Waals surface area contributed by atoms with Gasteiger partial charge < -0.3 is 5.32 Å². The van der Waals surface area contributed by atoms with Gasteiger partial charge in [-0.05, 0) is 42.9 Å². The number of hydrogen-bond acceptors (Lipinski definition) is 2. The number of rotatable bonds is 5. The molecule has 3 nitrogen and oxygen atoms in total. The molecule has 0 unspecified atom stereocenters. The van der Waals surface area contributed by atoms with Crippen LogP contribution in [0.15, 0.2) is 24.3 Å². The first-order chi connectivity index (χ1) is 8.69. The van der Waals surface area contributed by atoms with Crippen LogP contribution in [0.2, 0.25) is 0 Å². The van der Waals surface area contributed by atoms with Crippen molar-refractivity contribution in [2.75, 3.05) is 6.54 Å². The van der Waals surface area contributed by atoms with Gasteiger partial charge >= 0.3 is 0 Å². The van der Waals surface area contributed by atoms with Gasteiger partial charge in [0.15, 0.2) is 0 Å². The summed E-state index contributed by atoms with van der Waals surface area (Å²) in [6.45, 7) is 2.94. The fraction of sp³-hybridized carbons (Fsp3) is 0.467. The maximum atomic E-state index is 12.0. The van der Waals surface area contributed by atoms with Crippen LogP contribution in [0.25, 0.3) is 0 Å². The molecule has 0 atom stereocenters. The average molecular weight is 242 g/mol. The van der Waals surface area contributed by atoms with E-state index in [0.29, 0.717) is 16.5 Å². The highest BCUT2D eigenvalue weighted by molar-refractivity contribution is 5.94. The minimum absolute atomic E-state index is 0.0746. The van der Waals surface area contributed by atoms with Gasteiger partial charge in [-0.15, -0.1) is 0 Å². The Morgan fingerprint density at radius 3 is 2.89 bits per heavy atom. The van der Waals surface area contributed by atoms with E-state index in [-0.39, 0.29) is 5.91 Å². The number of benzene rings is 1. The normalized spacial score (nSPS) is 15.8. The molecule has 0 saturated heterocycles. The van der Waals surface area contributed by atoms with Gasteiger partial charge in [-0.25, -0.2) is 0 Å². The molecule has 1 amide bonds. The summed E-state index contributed by atoms with van der Waals surface area (Å²) in [6.07, 6.45) is 4.80. The molecule has 1 N–H and O–H groups in total. The molecule has 1 aliphatic carbocycles. The molecule has 18 heavy (non-hydrogen) atoms. The topological polar surface area (TPSA) is 52.9 Å². The zero-order valence-electron chi connectivity index (χ0n) is 10.7. The van der Waals surface area contributed by atoms with Gasteiger partial charge in [-0.2, -0.15) is 5.26 Å². The Morgan fingerprint density at radius 1 is 1.50 bits per heavy atom. The van der Waals surface area contributed by atoms with Gasteiger partial charge in [-0.3, -0.25) is 4.79 Å². The Kier molecular flexibility index (Phi) is 3.66. The molecule has 0 radical (unpaired) electrons. The summed E-state index contributed by atoms with van der Waals surface area (Å²) in [7, 11) is 0. The van der Waals surface area contributed by atoms with E-state index in [1.54, 1.807) is 24.3 Å². The predicted molar refractivity (Wildman–Crippen MR) is 70.1 cm³/mol. The zero-order valence-corrected chi connectivity index (χ0v) is 10.7. The molecular weight excluding hydrogens is 224 g/mol. The number of carbonyl (C=O) groups excluding carboxylic acids is 1. The lowest BCUT2D eigenvalue weighted by Gasteiger charge is -2.14. The van der Waals surface area contributed by atoms with Gasteiger partial charge in [0.05, 0.1) is 11.6 Å². The van der Waals surface area contributed by atoms with Gasteiger partial charge in [0, 0.05) is 12.1 Å². The minimum atomic E-state index is -0.0746. The highest BCUT2D eigenvalue weighted by Crippen LogP contribution is 2.48. The van der Waals surface area contributed by atoms with Crippen LogP contribution < -0.4 is 5.32 Å². The summed E-state index contributed by atoms with van der Waals surface area (Å²) >= 11 is 0. The molecule has 0 aromatic heterocycles. The molecule has 0 spiro atoms. The summed E-state index contributed by atoms with van der Waals surface area (Å²) in [4.78, 5) is 12.0. The zero-order chi connectivity index (χ0) is 13.0. The van der Waals surface area contributed by atoms with E-state index in [1.165, 1.54) is 25.7 Å². The number of hydrogen-bond donors (Lipinski definition) is 1. The Balaban J connectivity index is 1.94. The first-order valence-electron chi connectivity index (χ1n) is 6.47. The number of nitrogens with one attached hydrogen (secondary N) is 1. The molecule has 94 valence electrons. The fourth-order valence-electron chi connectivity index (χ4n) is 2.32. The van der Waals surface area contributed by atoms with Crippen molar-refractivity contribution < 1.29 is 4.79 Å². The van der Waals surface area contributed by atoms with E-state index in [4.69, 9.17) is 5.26 Å². The first kappa shape index (κ1) is 12.6. The summed E-state index contributed by atoms with van der Waals surface area (Å²) in [5.74, 6) is -0.0746. The minimum Gasteiger partial charge on any atom is -0.351 e. The molecule has 1 saturated carbocycles. The van der Waals surface area contributed by atoms with E-state index in [2.05, 4.69) is 12.2 Å². The van der Waals surface area contributed by atoms with Crippen molar-refractivity contribution in [3.8, 4) is 6.07 Å². The highest BCUT2D eigenvalue weighted by atomic mass is 16.1. The van der Waals surface area contributed by atoms with E-state index in [1.807, 2.05) is 6.07 Å². The fourth-order valence-corrected chi connectivity index (χ4v) is 2.32. The molecule has 1 aromatic carbocycles. The summed E-state index contributed by atoms with van der Waals surface area (Å²) in [5, 5.41) is 11.8. The van der Waals surface area contributed by atoms with Crippen LogP contribution in [-0.2, 0) is 0 Å². The molecule has 0 bridgehead atoms. The number of carbonyl (C=O) groups is 1. The third-order valence-corrected chi connectivity index (χ3v) is 3.62. The average Bonchev–Trinajstić information content (AvgIpc) is 3.17. The summed E-state index contributed by atoms with van der Waals surface area (Å²) in [6, 6.07) is 8.87. The van der Waals surface area contributed by atoms with Crippen molar-refractivity contribution in [2.45, 2.75) is 32.6 Å². The second kappa shape index (κ2) is 5.22. The largest absolute Gasteiger partial charge is 0.351 e. The molecule has 2 rings (SSSR count). The molecule has 1 aromatic rings. The van der Waals surface area contributed by atoms with Crippen molar-refractivity contribution in [3.05, 3.63) is 35.4 Å². The van der Waals surface area contributed by atoms with Crippen LogP contribution >= 0.6 is 0 Å². The van der Waals surface area contributed by atoms with Crippen molar-refractivity contribution in [1.82, 2.24) is 5.32 Å². The Morgan fingerprint density at radius 2 is 2.28 bits per heavy atom. The van der Waals surface area contributed by atoms with Gasteiger partial charge in [0.2, 0.25) is 0 Å². The maximum Gasteiger partial charge on any atom is 0.251 e. The number of nitriles is 1. The molecule has 0 aliphatic heterocycles. The van der Waals surface area contributed by atoms with Crippen molar-refractivity contribution in [1.29, 1.82) is 5.26 Å². The van der Waals surface area contributed by atoms with Gasteiger partial charge in [0.25, 0.3) is 5.91 Å². The first-order valence-corrected chi connectivity index (χ1v) is 6.47. The standard InChI is InChI=1S/C15H18N2O/c1-2-6-15(7-8-15)11-17-14(18)13-5-3-4-12(9-13)10-16/h3-5,9H,2,6-8,11H2,1H3,(H,17,18). The van der Waals surface area contributed by atoms with Crippen LogP contribution in [0, 0.1) is 16.7 Å². The lowest BCUT2D eigenvalue weighted by atomic mass is 10.0. The van der Waals surface area contributed by atoms with Crippen molar-refractivity contribution in [2.24, 2.45) is 5.41 Å². The van der Waals surface area contributed by atoms with E-state index in [0.717, 1.165) is 6.54 Å². The second-order valence-corrected chi connectivity index (χ2v) is 5.13. The highest BCUT2D eigenvalue weighted by Gasteiger charge is 2.41. The molecule has 1 fully saturated rings. The van der Waals surface area contributed by atoms with E-state index < -0.39 is 0 Å². The van der Waals surface area contributed by atoms with E-state index >= 15 is 0 Å². The Hall–Kier alpha value is -1.82. The van der Waals surface area contributed by atoms with Crippen molar-refractivity contribution >= 4 is 5.91 Å². The van der Waals surface area contributed by atoms with Gasteiger partial charge in [-0.1, -0.05) is 19.4 Å². The monoisotopic (exact) mass is 242 g/mol. The van der Waals surface area contributed by atoms with E-state index in [9.17, 15) is 4.79 Å². The van der Waals surface area contributed by atoms with Crippen LogP contribution in [0.1, 0.15) is 48.5 Å². The third kappa shape index (κ3) is 2.89. The smallest absolute Gasteiger partial charge is 0.251 e. The summed E-state index contributed by atoms with van der Waals surface area (Å²) in [5.41, 5.74) is 1.45. The van der Waals surface area contributed by atoms with Crippen LogP contribution in [0.3, 0.4) is 0 Å². The van der Waals surface area contributed by atoms with Crippen LogP contribution in [-0.4, -0.2) is 12.5 Å². The Labute approximate surface area is 108 Å².